The molecule has 2 aromatic rings. The van der Waals surface area contributed by atoms with Crippen molar-refractivity contribution in [3.05, 3.63) is 56.1 Å². The third-order valence-electron chi connectivity index (χ3n) is 6.11. The zero-order chi connectivity index (χ0) is 22.2. The Labute approximate surface area is 203 Å². The van der Waals surface area contributed by atoms with E-state index in [9.17, 15) is 8.42 Å². The smallest absolute Gasteiger partial charge is 0.261 e. The second-order valence-electron chi connectivity index (χ2n) is 7.89. The van der Waals surface area contributed by atoms with Gasteiger partial charge in [-0.25, -0.2) is 0 Å². The van der Waals surface area contributed by atoms with Gasteiger partial charge in [-0.3, -0.25) is 4.55 Å². The van der Waals surface area contributed by atoms with Gasteiger partial charge in [-0.15, -0.1) is 29.8 Å². The summed E-state index contributed by atoms with van der Waals surface area (Å²) in [6.45, 7) is 12.0. The summed E-state index contributed by atoms with van der Waals surface area (Å²) in [6.07, 6.45) is 2.49. The summed E-state index contributed by atoms with van der Waals surface area (Å²) >= 11 is 0. The summed E-state index contributed by atoms with van der Waals surface area (Å²) in [7, 11) is -2.02. The molecule has 179 valence electrons. The van der Waals surface area contributed by atoms with Crippen LogP contribution in [0.1, 0.15) is 34.6 Å². The van der Waals surface area contributed by atoms with Crippen LogP contribution in [0.3, 0.4) is 0 Å². The number of methoxy groups -OCH3 is 1. The maximum absolute atomic E-state index is 9.19. The van der Waals surface area contributed by atoms with Crippen LogP contribution in [0.5, 0.6) is 5.75 Å². The van der Waals surface area contributed by atoms with Crippen LogP contribution in [-0.2, 0) is 30.2 Å². The average Bonchev–Trinajstić information content (AvgIpc) is 2.86. The molecule has 1 heterocycles. The summed E-state index contributed by atoms with van der Waals surface area (Å²) in [6, 6.07) is 14.6. The van der Waals surface area contributed by atoms with Crippen molar-refractivity contribution in [3.8, 4) is 17.0 Å². The van der Waals surface area contributed by atoms with Crippen molar-refractivity contribution in [3.63, 3.8) is 0 Å². The monoisotopic (exact) mass is 628 g/mol. The van der Waals surface area contributed by atoms with E-state index < -0.39 is 10.1 Å². The van der Waals surface area contributed by atoms with Gasteiger partial charge in [0.05, 0.1) is 13.4 Å². The molecule has 0 atom stereocenters. The standard InChI is InChI=1S/C12H10NO.C10H20.CH4O3S.CH3.Ir/c1-14-11-7-5-10(6-8-11)12-4-2-3-9-13-12;1-6-7(2)9(4)10(5)8(6)3;1-5(2,3)4;;/h2-5,7-9H,1H3;6-10H,1-5H3;1H3,(H,2,3,4);1H3;/q-1;;;-1;. The zero-order valence-electron chi connectivity index (χ0n) is 19.8. The van der Waals surface area contributed by atoms with E-state index in [-0.39, 0.29) is 27.5 Å². The zero-order valence-corrected chi connectivity index (χ0v) is 23.0. The molecule has 0 saturated heterocycles. The average molecular weight is 628 g/mol. The van der Waals surface area contributed by atoms with Crippen molar-refractivity contribution < 1.29 is 37.8 Å². The largest absolute Gasteiger partial charge is 0.540 e. The fraction of sp³-hybridized carbons (Fsp3) is 0.500. The van der Waals surface area contributed by atoms with Crippen LogP contribution < -0.4 is 4.74 Å². The van der Waals surface area contributed by atoms with Crippen molar-refractivity contribution in [2.75, 3.05) is 13.4 Å². The van der Waals surface area contributed by atoms with Crippen LogP contribution in [0.2, 0.25) is 0 Å². The Bertz CT molecular complexity index is 776. The van der Waals surface area contributed by atoms with Crippen LogP contribution >= 0.6 is 0 Å². The fourth-order valence-corrected chi connectivity index (χ4v) is 3.61. The van der Waals surface area contributed by atoms with Crippen LogP contribution in [0.15, 0.2) is 42.6 Å². The molecule has 0 amide bonds. The molecule has 0 bridgehead atoms. The van der Waals surface area contributed by atoms with Crippen LogP contribution in [-0.4, -0.2) is 31.3 Å². The molecule has 1 N–H and O–H groups in total. The molecule has 3 rings (SSSR count). The maximum Gasteiger partial charge on any atom is 0.261 e. The summed E-state index contributed by atoms with van der Waals surface area (Å²) in [4.78, 5) is 4.23. The first-order valence-corrected chi connectivity index (χ1v) is 11.7. The number of nitrogens with zero attached hydrogens (tertiary/aromatic N) is 1. The Morgan fingerprint density at radius 1 is 0.935 bits per heavy atom. The topological polar surface area (TPSA) is 76.5 Å². The molecule has 1 aliphatic rings. The van der Waals surface area contributed by atoms with Gasteiger partial charge >= 0.3 is 0 Å². The Morgan fingerprint density at radius 2 is 1.39 bits per heavy atom. The van der Waals surface area contributed by atoms with Gasteiger partial charge in [-0.05, 0) is 41.3 Å². The molecule has 5 nitrogen and oxygen atoms in total. The van der Waals surface area contributed by atoms with E-state index in [1.165, 1.54) is 0 Å². The Kier molecular flexibility index (Phi) is 15.2. The maximum atomic E-state index is 9.19. The van der Waals surface area contributed by atoms with Crippen molar-refractivity contribution >= 4 is 10.1 Å². The SMILES string of the molecule is CC1C(C)C(C)C(C)C1C.COc1c[c-]c(-c2ccccn2)cc1.CS(=O)(=O)O.[CH3-].[Ir]. The van der Waals surface area contributed by atoms with E-state index in [2.05, 4.69) is 45.7 Å². The van der Waals surface area contributed by atoms with Gasteiger partial charge in [0.2, 0.25) is 0 Å². The third kappa shape index (κ3) is 11.2. The molecule has 0 spiro atoms. The van der Waals surface area contributed by atoms with Gasteiger partial charge in [0.15, 0.2) is 0 Å². The number of benzene rings is 1. The first-order chi connectivity index (χ1) is 13.5. The van der Waals surface area contributed by atoms with Crippen molar-refractivity contribution in [1.82, 2.24) is 4.98 Å². The predicted octanol–water partition coefficient (Wildman–Crippen LogP) is 5.69. The number of rotatable bonds is 2. The van der Waals surface area contributed by atoms with Crippen molar-refractivity contribution in [1.29, 1.82) is 0 Å². The van der Waals surface area contributed by atoms with E-state index in [0.29, 0.717) is 6.26 Å². The number of pyridine rings is 1. The van der Waals surface area contributed by atoms with Gasteiger partial charge in [0.1, 0.15) is 0 Å². The molecule has 1 aliphatic carbocycles. The van der Waals surface area contributed by atoms with Crippen molar-refractivity contribution in [2.24, 2.45) is 29.6 Å². The fourth-order valence-electron chi connectivity index (χ4n) is 3.61. The summed E-state index contributed by atoms with van der Waals surface area (Å²) < 4.78 is 30.9. The molecule has 0 unspecified atom stereocenters. The summed E-state index contributed by atoms with van der Waals surface area (Å²) in [5.41, 5.74) is 1.90. The molecule has 1 fully saturated rings. The minimum absolute atomic E-state index is 0. The molecular formula is C24H37IrNO4S-2. The molecule has 0 aliphatic heterocycles. The van der Waals surface area contributed by atoms with Crippen molar-refractivity contribution in [2.45, 2.75) is 34.6 Å². The second-order valence-corrected chi connectivity index (χ2v) is 9.35. The van der Waals surface area contributed by atoms with E-state index in [0.717, 1.165) is 46.6 Å². The Hall–Kier alpha value is -1.27. The molecule has 1 radical (unpaired) electrons. The van der Waals surface area contributed by atoms with Gasteiger partial charge < -0.3 is 17.1 Å². The Balaban J connectivity index is 0. The molecule has 1 aromatic carbocycles. The molecule has 1 saturated carbocycles. The van der Waals surface area contributed by atoms with Gasteiger partial charge in [0.25, 0.3) is 10.1 Å². The quantitative estimate of drug-likeness (QED) is 0.342. The molecule has 31 heavy (non-hydrogen) atoms. The number of aromatic nitrogens is 1. The van der Waals surface area contributed by atoms with E-state index in [1.807, 2.05) is 36.4 Å². The summed E-state index contributed by atoms with van der Waals surface area (Å²) in [5.74, 6) is 5.49. The number of ether oxygens (including phenoxy) is 1. The summed E-state index contributed by atoms with van der Waals surface area (Å²) in [5, 5.41) is 0. The molecule has 1 aromatic heterocycles. The van der Waals surface area contributed by atoms with Crippen LogP contribution in [0.4, 0.5) is 0 Å². The first-order valence-electron chi connectivity index (χ1n) is 9.85. The third-order valence-corrected chi connectivity index (χ3v) is 6.11. The minimum Gasteiger partial charge on any atom is -0.540 e. The van der Waals surface area contributed by atoms with Crippen LogP contribution in [0.25, 0.3) is 11.3 Å². The first kappa shape index (κ1) is 31.9. The van der Waals surface area contributed by atoms with Gasteiger partial charge in [0, 0.05) is 32.1 Å². The van der Waals surface area contributed by atoms with E-state index >= 15 is 0 Å². The number of hydrogen-bond donors (Lipinski definition) is 1. The molecule has 7 heteroatoms. The normalized spacial score (nSPS) is 24.2. The second kappa shape index (κ2) is 14.7. The van der Waals surface area contributed by atoms with E-state index in [4.69, 9.17) is 9.29 Å². The van der Waals surface area contributed by atoms with E-state index in [1.54, 1.807) is 13.3 Å². The minimum atomic E-state index is -3.67. The van der Waals surface area contributed by atoms with Crippen LogP contribution in [0, 0.1) is 43.1 Å². The predicted molar refractivity (Wildman–Crippen MR) is 125 cm³/mol. The van der Waals surface area contributed by atoms with Gasteiger partial charge in [-0.2, -0.15) is 8.42 Å². The molecular weight excluding hydrogens is 591 g/mol. The van der Waals surface area contributed by atoms with Gasteiger partial charge in [-0.1, -0.05) is 46.8 Å². The number of hydrogen-bond acceptors (Lipinski definition) is 4. The Morgan fingerprint density at radius 3 is 1.68 bits per heavy atom.